The van der Waals surface area contributed by atoms with Crippen molar-refractivity contribution in [3.05, 3.63) is 33.3 Å². The molecule has 16 heavy (non-hydrogen) atoms. The lowest BCUT2D eigenvalue weighted by Gasteiger charge is -2.04. The number of nitro groups is 1. The first-order chi connectivity index (χ1) is 7.38. The molecule has 0 bridgehead atoms. The van der Waals surface area contributed by atoms with E-state index in [1.807, 2.05) is 0 Å². The van der Waals surface area contributed by atoms with Gasteiger partial charge >= 0.3 is 0 Å². The Morgan fingerprint density at radius 3 is 2.56 bits per heavy atom. The molecule has 1 N–H and O–H groups in total. The van der Waals surface area contributed by atoms with E-state index in [9.17, 15) is 18.5 Å². The molecule has 0 saturated carbocycles. The van der Waals surface area contributed by atoms with Gasteiger partial charge in [-0.1, -0.05) is 18.5 Å². The summed E-state index contributed by atoms with van der Waals surface area (Å²) in [6, 6.07) is 3.26. The van der Waals surface area contributed by atoms with Crippen LogP contribution in [0.2, 0.25) is 5.02 Å². The average molecular weight is 265 g/mol. The number of nitro benzene ring substituents is 1. The summed E-state index contributed by atoms with van der Waals surface area (Å²) in [4.78, 5) is 9.70. The molecule has 0 unspecified atom stereocenters. The monoisotopic (exact) mass is 264 g/mol. The molecule has 1 rings (SSSR count). The van der Waals surface area contributed by atoms with Crippen molar-refractivity contribution >= 4 is 27.3 Å². The predicted molar refractivity (Wildman–Crippen MR) is 59.0 cm³/mol. The molecule has 0 aliphatic heterocycles. The first-order valence-electron chi connectivity index (χ1n) is 4.32. The van der Waals surface area contributed by atoms with Gasteiger partial charge in [0.2, 0.25) is 10.0 Å². The zero-order valence-electron chi connectivity index (χ0n) is 8.31. The highest BCUT2D eigenvalue weighted by Crippen LogP contribution is 2.26. The molecule has 8 heteroatoms. The molecule has 0 fully saturated rings. The summed E-state index contributed by atoms with van der Waals surface area (Å²) in [5.74, 6) is 0. The quantitative estimate of drug-likeness (QED) is 0.660. The van der Waals surface area contributed by atoms with E-state index >= 15 is 0 Å². The van der Waals surface area contributed by atoms with Crippen LogP contribution < -0.4 is 4.72 Å². The van der Waals surface area contributed by atoms with Crippen LogP contribution in [0, 0.1) is 10.1 Å². The van der Waals surface area contributed by atoms with Crippen LogP contribution in [0.5, 0.6) is 0 Å². The Kier molecular flexibility index (Phi) is 3.84. The summed E-state index contributed by atoms with van der Waals surface area (Å²) in [6.07, 6.45) is 0. The summed E-state index contributed by atoms with van der Waals surface area (Å²) in [5.41, 5.74) is -0.322. The van der Waals surface area contributed by atoms with Crippen molar-refractivity contribution in [1.82, 2.24) is 4.72 Å². The molecule has 0 aromatic heterocycles. The third-order valence-corrected chi connectivity index (χ3v) is 3.61. The van der Waals surface area contributed by atoms with Crippen molar-refractivity contribution in [2.75, 3.05) is 6.54 Å². The van der Waals surface area contributed by atoms with E-state index in [-0.39, 0.29) is 22.2 Å². The van der Waals surface area contributed by atoms with Gasteiger partial charge in [0.25, 0.3) is 5.69 Å². The number of nitrogens with zero attached hydrogens (tertiary/aromatic N) is 1. The molecule has 88 valence electrons. The van der Waals surface area contributed by atoms with Crippen LogP contribution in [0.4, 0.5) is 5.69 Å². The van der Waals surface area contributed by atoms with E-state index in [4.69, 9.17) is 11.6 Å². The Hall–Kier alpha value is -1.18. The lowest BCUT2D eigenvalue weighted by Crippen LogP contribution is -2.23. The summed E-state index contributed by atoms with van der Waals surface area (Å²) in [5, 5.41) is 10.3. The van der Waals surface area contributed by atoms with Crippen molar-refractivity contribution in [3.8, 4) is 0 Å². The Bertz CT molecular complexity index is 515. The van der Waals surface area contributed by atoms with E-state index < -0.39 is 14.9 Å². The first-order valence-corrected chi connectivity index (χ1v) is 6.18. The maximum absolute atomic E-state index is 11.5. The van der Waals surface area contributed by atoms with E-state index in [1.165, 1.54) is 0 Å². The highest BCUT2D eigenvalue weighted by molar-refractivity contribution is 7.89. The van der Waals surface area contributed by atoms with Crippen LogP contribution in [0.1, 0.15) is 6.92 Å². The zero-order valence-corrected chi connectivity index (χ0v) is 9.88. The van der Waals surface area contributed by atoms with Crippen LogP contribution in [-0.4, -0.2) is 19.9 Å². The minimum Gasteiger partial charge on any atom is -0.258 e. The number of rotatable bonds is 4. The van der Waals surface area contributed by atoms with Gasteiger partial charge in [0.15, 0.2) is 0 Å². The number of hydrogen-bond donors (Lipinski definition) is 1. The summed E-state index contributed by atoms with van der Waals surface area (Å²) >= 11 is 5.60. The van der Waals surface area contributed by atoms with E-state index in [0.29, 0.717) is 0 Å². The van der Waals surface area contributed by atoms with Crippen molar-refractivity contribution in [3.63, 3.8) is 0 Å². The fourth-order valence-corrected chi connectivity index (χ4v) is 2.46. The molecule has 1 aromatic carbocycles. The third-order valence-electron chi connectivity index (χ3n) is 1.76. The second-order valence-electron chi connectivity index (χ2n) is 2.87. The van der Waals surface area contributed by atoms with E-state index in [1.54, 1.807) is 6.92 Å². The van der Waals surface area contributed by atoms with Gasteiger partial charge in [0, 0.05) is 12.6 Å². The van der Waals surface area contributed by atoms with Crippen LogP contribution >= 0.6 is 11.6 Å². The van der Waals surface area contributed by atoms with Gasteiger partial charge in [-0.2, -0.15) is 0 Å². The molecule has 0 saturated heterocycles. The summed E-state index contributed by atoms with van der Waals surface area (Å²) in [7, 11) is -3.63. The lowest BCUT2D eigenvalue weighted by atomic mass is 10.3. The summed E-state index contributed by atoms with van der Waals surface area (Å²) < 4.78 is 25.3. The van der Waals surface area contributed by atoms with Gasteiger partial charge in [0.1, 0.15) is 5.02 Å². The first kappa shape index (κ1) is 12.9. The van der Waals surface area contributed by atoms with Gasteiger partial charge < -0.3 is 0 Å². The standard InChI is InChI=1S/C8H9ClN2O4S/c1-2-10-16(14,15)6-3-4-8(11(12)13)7(9)5-6/h3-5,10H,2H2,1H3. The lowest BCUT2D eigenvalue weighted by molar-refractivity contribution is -0.384. The second kappa shape index (κ2) is 4.77. The van der Waals surface area contributed by atoms with Crippen molar-refractivity contribution in [2.45, 2.75) is 11.8 Å². The number of sulfonamides is 1. The van der Waals surface area contributed by atoms with Crippen molar-refractivity contribution in [2.24, 2.45) is 0 Å². The van der Waals surface area contributed by atoms with Gasteiger partial charge in [-0.25, -0.2) is 13.1 Å². The van der Waals surface area contributed by atoms with Crippen LogP contribution in [0.15, 0.2) is 23.1 Å². The molecule has 6 nitrogen and oxygen atoms in total. The summed E-state index contributed by atoms with van der Waals surface area (Å²) in [6.45, 7) is 1.86. The minimum atomic E-state index is -3.63. The fraction of sp³-hybridized carbons (Fsp3) is 0.250. The topological polar surface area (TPSA) is 89.3 Å². The average Bonchev–Trinajstić information content (AvgIpc) is 2.16. The SMILES string of the molecule is CCNS(=O)(=O)c1ccc([N+](=O)[O-])c(Cl)c1. The molecule has 0 radical (unpaired) electrons. The number of halogens is 1. The van der Waals surface area contributed by atoms with E-state index in [0.717, 1.165) is 18.2 Å². The van der Waals surface area contributed by atoms with Gasteiger partial charge in [-0.05, 0) is 12.1 Å². The second-order valence-corrected chi connectivity index (χ2v) is 5.05. The van der Waals surface area contributed by atoms with Crippen molar-refractivity contribution < 1.29 is 13.3 Å². The van der Waals surface area contributed by atoms with Crippen molar-refractivity contribution in [1.29, 1.82) is 0 Å². The Balaban J connectivity index is 3.21. The van der Waals surface area contributed by atoms with Crippen LogP contribution in [0.3, 0.4) is 0 Å². The zero-order chi connectivity index (χ0) is 12.3. The maximum atomic E-state index is 11.5. The predicted octanol–water partition coefficient (Wildman–Crippen LogP) is 1.55. The van der Waals surface area contributed by atoms with Gasteiger partial charge in [0.05, 0.1) is 9.82 Å². The third kappa shape index (κ3) is 2.69. The Labute approximate surface area is 97.4 Å². The molecule has 0 atom stereocenters. The van der Waals surface area contributed by atoms with Crippen LogP contribution in [-0.2, 0) is 10.0 Å². The van der Waals surface area contributed by atoms with Gasteiger partial charge in [-0.3, -0.25) is 10.1 Å². The molecule has 0 amide bonds. The highest BCUT2D eigenvalue weighted by atomic mass is 35.5. The molecule has 0 aliphatic carbocycles. The molecular formula is C8H9ClN2O4S. The van der Waals surface area contributed by atoms with Gasteiger partial charge in [-0.15, -0.1) is 0 Å². The largest absolute Gasteiger partial charge is 0.287 e. The Morgan fingerprint density at radius 2 is 2.12 bits per heavy atom. The number of benzene rings is 1. The normalized spacial score (nSPS) is 11.4. The number of nitrogens with one attached hydrogen (secondary N) is 1. The maximum Gasteiger partial charge on any atom is 0.287 e. The highest BCUT2D eigenvalue weighted by Gasteiger charge is 2.18. The molecule has 0 spiro atoms. The molecule has 1 aromatic rings. The van der Waals surface area contributed by atoms with E-state index in [2.05, 4.69) is 4.72 Å². The molecular weight excluding hydrogens is 256 g/mol. The smallest absolute Gasteiger partial charge is 0.258 e. The number of hydrogen-bond acceptors (Lipinski definition) is 4. The van der Waals surface area contributed by atoms with Crippen LogP contribution in [0.25, 0.3) is 0 Å². The Morgan fingerprint density at radius 1 is 1.50 bits per heavy atom. The molecule has 0 aliphatic rings. The fourth-order valence-electron chi connectivity index (χ4n) is 1.08. The molecule has 0 heterocycles. The minimum absolute atomic E-state index is 0.0926.